The van der Waals surface area contributed by atoms with Gasteiger partial charge in [0.25, 0.3) is 5.91 Å². The molecule has 3 fully saturated rings. The van der Waals surface area contributed by atoms with Crippen molar-refractivity contribution in [2.75, 3.05) is 13.1 Å². The molecule has 1 aromatic heterocycles. The fraction of sp³-hybridized carbons (Fsp3) is 0.588. The Morgan fingerprint density at radius 1 is 1.46 bits per heavy atom. The van der Waals surface area contributed by atoms with E-state index in [-0.39, 0.29) is 17.4 Å². The first-order valence-corrected chi connectivity index (χ1v) is 8.55. The molecular formula is C17H22N4O3. The van der Waals surface area contributed by atoms with E-state index in [1.165, 1.54) is 6.20 Å². The van der Waals surface area contributed by atoms with Crippen molar-refractivity contribution in [2.24, 2.45) is 5.92 Å². The molecule has 4 heterocycles. The Balaban J connectivity index is 1.49. The zero-order valence-electron chi connectivity index (χ0n) is 13.5. The van der Waals surface area contributed by atoms with Crippen LogP contribution in [-0.4, -0.2) is 45.5 Å². The van der Waals surface area contributed by atoms with E-state index in [1.807, 2.05) is 0 Å². The predicted octanol–water partition coefficient (Wildman–Crippen LogP) is 0.617. The number of pyridine rings is 1. The van der Waals surface area contributed by atoms with Crippen LogP contribution in [0.15, 0.2) is 12.3 Å². The first-order valence-electron chi connectivity index (χ1n) is 8.55. The normalized spacial score (nSPS) is 29.0. The van der Waals surface area contributed by atoms with Gasteiger partial charge in [0.1, 0.15) is 0 Å². The van der Waals surface area contributed by atoms with Crippen LogP contribution in [-0.2, 0) is 17.8 Å². The van der Waals surface area contributed by atoms with E-state index in [0.29, 0.717) is 5.56 Å². The number of piperidine rings is 2. The highest BCUT2D eigenvalue weighted by atomic mass is 16.5. The van der Waals surface area contributed by atoms with Crippen LogP contribution in [0.3, 0.4) is 0 Å². The van der Waals surface area contributed by atoms with E-state index < -0.39 is 5.91 Å². The van der Waals surface area contributed by atoms with Crippen LogP contribution < -0.4 is 10.8 Å². The van der Waals surface area contributed by atoms with Gasteiger partial charge >= 0.3 is 0 Å². The Labute approximate surface area is 140 Å². The van der Waals surface area contributed by atoms with Gasteiger partial charge in [-0.1, -0.05) is 0 Å². The number of hydrogen-bond donors (Lipinski definition) is 3. The van der Waals surface area contributed by atoms with E-state index in [2.05, 4.69) is 15.2 Å². The molecule has 2 saturated heterocycles. The number of carbonyl (C=O) groups excluding carboxylic acids is 2. The summed E-state index contributed by atoms with van der Waals surface area (Å²) >= 11 is 0. The maximum atomic E-state index is 12.0. The maximum absolute atomic E-state index is 12.0. The molecule has 0 aromatic carbocycles. The van der Waals surface area contributed by atoms with Crippen LogP contribution in [0, 0.1) is 5.92 Å². The molecule has 2 bridgehead atoms. The molecule has 0 radical (unpaired) electrons. The van der Waals surface area contributed by atoms with Crippen LogP contribution in [0.5, 0.6) is 0 Å². The van der Waals surface area contributed by atoms with Crippen molar-refractivity contribution in [3.63, 3.8) is 0 Å². The van der Waals surface area contributed by atoms with Crippen molar-refractivity contribution in [3.8, 4) is 0 Å². The lowest BCUT2D eigenvalue weighted by molar-refractivity contribution is -0.134. The summed E-state index contributed by atoms with van der Waals surface area (Å²) in [7, 11) is 0. The number of hydroxylamine groups is 1. The van der Waals surface area contributed by atoms with Crippen molar-refractivity contribution in [1.29, 1.82) is 0 Å². The molecule has 7 nitrogen and oxygen atoms in total. The number of nitrogens with one attached hydrogen (secondary N) is 2. The predicted molar refractivity (Wildman–Crippen MR) is 85.3 cm³/mol. The molecule has 7 heteroatoms. The zero-order valence-corrected chi connectivity index (χ0v) is 13.5. The molecule has 1 aromatic rings. The van der Waals surface area contributed by atoms with E-state index in [9.17, 15) is 9.59 Å². The van der Waals surface area contributed by atoms with Crippen molar-refractivity contribution in [1.82, 2.24) is 20.7 Å². The van der Waals surface area contributed by atoms with Gasteiger partial charge in [-0.3, -0.25) is 24.7 Å². The van der Waals surface area contributed by atoms with Gasteiger partial charge < -0.3 is 5.32 Å². The van der Waals surface area contributed by atoms with Gasteiger partial charge in [0, 0.05) is 43.9 Å². The van der Waals surface area contributed by atoms with Crippen LogP contribution >= 0.6 is 0 Å². The molecule has 1 aliphatic carbocycles. The molecule has 3 aliphatic heterocycles. The molecule has 5 rings (SSSR count). The van der Waals surface area contributed by atoms with Crippen molar-refractivity contribution < 1.29 is 14.8 Å². The second-order valence-corrected chi connectivity index (χ2v) is 7.28. The molecular weight excluding hydrogens is 308 g/mol. The van der Waals surface area contributed by atoms with Crippen molar-refractivity contribution >= 4 is 11.8 Å². The number of nitrogens with zero attached hydrogens (tertiary/aromatic N) is 2. The zero-order chi connectivity index (χ0) is 16.7. The lowest BCUT2D eigenvalue weighted by atomic mass is 9.71. The largest absolute Gasteiger partial charge is 0.349 e. The number of amides is 2. The quantitative estimate of drug-likeness (QED) is 0.558. The fourth-order valence-electron chi connectivity index (χ4n) is 4.35. The van der Waals surface area contributed by atoms with E-state index in [4.69, 9.17) is 5.21 Å². The monoisotopic (exact) mass is 330 g/mol. The molecule has 0 unspecified atom stereocenters. The van der Waals surface area contributed by atoms with Gasteiger partial charge in [0.05, 0.1) is 11.1 Å². The maximum Gasteiger partial charge on any atom is 0.276 e. The molecule has 2 amide bonds. The minimum atomic E-state index is -0.543. The van der Waals surface area contributed by atoms with Gasteiger partial charge in [-0.25, -0.2) is 5.48 Å². The molecule has 4 aliphatic rings. The number of aromatic nitrogens is 1. The summed E-state index contributed by atoms with van der Waals surface area (Å²) in [6.45, 7) is 2.48. The summed E-state index contributed by atoms with van der Waals surface area (Å²) in [5, 5.41) is 12.0. The van der Waals surface area contributed by atoms with Gasteiger partial charge in [0.15, 0.2) is 0 Å². The first kappa shape index (κ1) is 15.5. The highest BCUT2D eigenvalue weighted by Gasteiger charge is 2.45. The third-order valence-corrected chi connectivity index (χ3v) is 5.71. The summed E-state index contributed by atoms with van der Waals surface area (Å²) in [4.78, 5) is 30.3. The Morgan fingerprint density at radius 2 is 2.25 bits per heavy atom. The lowest BCUT2D eigenvalue weighted by Crippen LogP contribution is -2.63. The molecule has 0 spiro atoms. The van der Waals surface area contributed by atoms with E-state index >= 15 is 0 Å². The highest BCUT2D eigenvalue weighted by molar-refractivity contribution is 5.93. The average Bonchev–Trinajstić information content (AvgIpc) is 2.61. The Morgan fingerprint density at radius 3 is 2.96 bits per heavy atom. The summed E-state index contributed by atoms with van der Waals surface area (Å²) in [5.41, 5.74) is 3.96. The topological polar surface area (TPSA) is 94.6 Å². The second kappa shape index (κ2) is 5.82. The minimum absolute atomic E-state index is 0.0865. The number of hydrogen-bond acceptors (Lipinski definition) is 5. The molecule has 24 heavy (non-hydrogen) atoms. The first-order chi connectivity index (χ1) is 11.6. The van der Waals surface area contributed by atoms with Crippen LogP contribution in [0.25, 0.3) is 0 Å². The van der Waals surface area contributed by atoms with Gasteiger partial charge in [0.2, 0.25) is 5.91 Å². The van der Waals surface area contributed by atoms with Gasteiger partial charge in [-0.2, -0.15) is 0 Å². The molecule has 0 atom stereocenters. The Kier molecular flexibility index (Phi) is 3.77. The average molecular weight is 330 g/mol. The van der Waals surface area contributed by atoms with Crippen LogP contribution in [0.4, 0.5) is 0 Å². The summed E-state index contributed by atoms with van der Waals surface area (Å²) in [6, 6.07) is 1.80. The fourth-order valence-corrected chi connectivity index (χ4v) is 4.35. The molecule has 3 N–H and O–H groups in total. The molecule has 128 valence electrons. The van der Waals surface area contributed by atoms with E-state index in [1.54, 1.807) is 11.5 Å². The summed E-state index contributed by atoms with van der Waals surface area (Å²) < 4.78 is 0. The third kappa shape index (κ3) is 2.67. The number of carbonyl (C=O) groups is 2. The van der Waals surface area contributed by atoms with Gasteiger partial charge in [-0.05, 0) is 37.3 Å². The van der Waals surface area contributed by atoms with Gasteiger partial charge in [-0.15, -0.1) is 0 Å². The lowest BCUT2D eigenvalue weighted by Gasteiger charge is -2.49. The third-order valence-electron chi connectivity index (χ3n) is 5.71. The standard InChI is InChI=1S/C17H22N4O3/c22-15-11-1-4-17(19-15,5-2-11)10-21-6-3-14-13(9-21)7-12(8-18-14)16(23)20-24/h7-8,11,24H,1-6,9-10H2,(H,19,22)(H,20,23). The van der Waals surface area contributed by atoms with Crippen LogP contribution in [0.1, 0.15) is 47.3 Å². The summed E-state index contributed by atoms with van der Waals surface area (Å²) in [5.74, 6) is -0.106. The van der Waals surface area contributed by atoms with Crippen molar-refractivity contribution in [3.05, 3.63) is 29.1 Å². The number of rotatable bonds is 3. The Bertz CT molecular complexity index is 682. The summed E-state index contributed by atoms with van der Waals surface area (Å²) in [6.07, 6.45) is 6.44. The van der Waals surface area contributed by atoms with Crippen LogP contribution in [0.2, 0.25) is 0 Å². The SMILES string of the molecule is O=C(NO)c1cnc2c(c1)CN(CC13CCC(CC1)C(=O)N3)CC2. The smallest absolute Gasteiger partial charge is 0.276 e. The Hall–Kier alpha value is -1.99. The highest BCUT2D eigenvalue weighted by Crippen LogP contribution is 2.38. The van der Waals surface area contributed by atoms with Crippen molar-refractivity contribution in [2.45, 2.75) is 44.2 Å². The molecule has 1 saturated carbocycles. The van der Waals surface area contributed by atoms with E-state index in [0.717, 1.165) is 63.0 Å². The number of fused-ring (bicyclic) bond motifs is 4. The second-order valence-electron chi connectivity index (χ2n) is 7.28. The minimum Gasteiger partial charge on any atom is -0.349 e.